The number of rotatable bonds is 2. The number of anilines is 2. The normalized spacial score (nSPS) is 10.6. The molecule has 0 amide bonds. The number of fused-ring (bicyclic) bond motifs is 1. The van der Waals surface area contributed by atoms with Crippen LogP contribution in [0.25, 0.3) is 11.1 Å². The van der Waals surface area contributed by atoms with Crippen LogP contribution in [0.3, 0.4) is 0 Å². The minimum Gasteiger partial charge on any atom is -0.444 e. The molecule has 5 heteroatoms. The van der Waals surface area contributed by atoms with Gasteiger partial charge in [-0.25, -0.2) is 0 Å². The number of aryl methyl sites for hydroxylation is 1. The van der Waals surface area contributed by atoms with Crippen molar-refractivity contribution in [1.82, 2.24) is 4.98 Å². The van der Waals surface area contributed by atoms with E-state index < -0.39 is 0 Å². The van der Waals surface area contributed by atoms with Crippen LogP contribution in [0.15, 0.2) is 33.1 Å². The van der Waals surface area contributed by atoms with Gasteiger partial charge in [0.1, 0.15) is 22.9 Å². The van der Waals surface area contributed by atoms with Crippen molar-refractivity contribution in [3.63, 3.8) is 0 Å². The first-order chi connectivity index (χ1) is 9.19. The Morgan fingerprint density at radius 2 is 2.00 bits per heavy atom. The lowest BCUT2D eigenvalue weighted by atomic mass is 10.2. The molecule has 0 saturated heterocycles. The molecule has 0 aliphatic carbocycles. The van der Waals surface area contributed by atoms with Crippen LogP contribution in [0.2, 0.25) is 0 Å². The number of benzene rings is 1. The summed E-state index contributed by atoms with van der Waals surface area (Å²) >= 11 is 0. The van der Waals surface area contributed by atoms with Gasteiger partial charge in [0, 0.05) is 5.56 Å². The number of nitrogens with zero attached hydrogens (tertiary/aromatic N) is 2. The third-order valence-corrected chi connectivity index (χ3v) is 3.01. The van der Waals surface area contributed by atoms with Crippen LogP contribution in [-0.4, -0.2) is 4.98 Å². The molecule has 0 unspecified atom stereocenters. The minimum atomic E-state index is 0.312. The van der Waals surface area contributed by atoms with Crippen LogP contribution >= 0.6 is 0 Å². The maximum atomic E-state index is 9.13. The number of hydrogen-bond acceptors (Lipinski definition) is 5. The number of aromatic nitrogens is 1. The molecule has 94 valence electrons. The minimum absolute atomic E-state index is 0.312. The Morgan fingerprint density at radius 1 is 1.21 bits per heavy atom. The molecule has 0 spiro atoms. The highest BCUT2D eigenvalue weighted by atomic mass is 16.4. The molecule has 0 aliphatic rings. The zero-order chi connectivity index (χ0) is 13.4. The van der Waals surface area contributed by atoms with Gasteiger partial charge in [0.05, 0.1) is 0 Å². The van der Waals surface area contributed by atoms with E-state index in [-0.39, 0.29) is 0 Å². The molecule has 2 aromatic heterocycles. The predicted molar refractivity (Wildman–Crippen MR) is 70.2 cm³/mol. The van der Waals surface area contributed by atoms with Gasteiger partial charge in [-0.05, 0) is 26.0 Å². The molecule has 3 aromatic rings. The summed E-state index contributed by atoms with van der Waals surface area (Å²) in [7, 11) is 0. The Balaban J connectivity index is 2.01. The first-order valence-corrected chi connectivity index (χ1v) is 5.81. The van der Waals surface area contributed by atoms with E-state index in [9.17, 15) is 0 Å². The monoisotopic (exact) mass is 253 g/mol. The highest BCUT2D eigenvalue weighted by molar-refractivity contribution is 5.75. The van der Waals surface area contributed by atoms with Gasteiger partial charge in [0.15, 0.2) is 5.58 Å². The Kier molecular flexibility index (Phi) is 2.50. The lowest BCUT2D eigenvalue weighted by molar-refractivity contribution is 0.540. The molecule has 3 rings (SSSR count). The van der Waals surface area contributed by atoms with Gasteiger partial charge in [0.2, 0.25) is 5.88 Å². The summed E-state index contributed by atoms with van der Waals surface area (Å²) in [6, 6.07) is 9.87. The second-order valence-corrected chi connectivity index (χ2v) is 4.21. The summed E-state index contributed by atoms with van der Waals surface area (Å²) in [6.07, 6.45) is 0. The first kappa shape index (κ1) is 11.4. The van der Waals surface area contributed by atoms with Gasteiger partial charge < -0.3 is 8.83 Å². The SMILES string of the molecule is Cc1oc(Nc2nc3ccccc3o2)c(C#N)c1C. The van der Waals surface area contributed by atoms with Crippen molar-refractivity contribution >= 4 is 23.0 Å². The van der Waals surface area contributed by atoms with Gasteiger partial charge in [-0.3, -0.25) is 5.32 Å². The molecule has 5 nitrogen and oxygen atoms in total. The fraction of sp³-hybridized carbons (Fsp3) is 0.143. The fourth-order valence-electron chi connectivity index (χ4n) is 1.87. The van der Waals surface area contributed by atoms with Crippen LogP contribution in [0.1, 0.15) is 16.9 Å². The van der Waals surface area contributed by atoms with Crippen LogP contribution < -0.4 is 5.32 Å². The largest absolute Gasteiger partial charge is 0.444 e. The van der Waals surface area contributed by atoms with Crippen molar-refractivity contribution in [2.75, 3.05) is 5.32 Å². The second kappa shape index (κ2) is 4.18. The van der Waals surface area contributed by atoms with Gasteiger partial charge in [-0.15, -0.1) is 0 Å². The summed E-state index contributed by atoms with van der Waals surface area (Å²) in [5.74, 6) is 1.07. The molecule has 19 heavy (non-hydrogen) atoms. The summed E-state index contributed by atoms with van der Waals surface area (Å²) in [5, 5.41) is 12.0. The number of para-hydroxylation sites is 2. The lowest BCUT2D eigenvalue weighted by Crippen LogP contribution is -1.90. The summed E-state index contributed by atoms with van der Waals surface area (Å²) < 4.78 is 11.0. The Bertz CT molecular complexity index is 760. The highest BCUT2D eigenvalue weighted by Crippen LogP contribution is 2.29. The number of hydrogen-bond donors (Lipinski definition) is 1. The van der Waals surface area contributed by atoms with Crippen LogP contribution in [0.4, 0.5) is 11.9 Å². The molecule has 0 fully saturated rings. The van der Waals surface area contributed by atoms with Gasteiger partial charge >= 0.3 is 6.01 Å². The van der Waals surface area contributed by atoms with E-state index in [4.69, 9.17) is 14.1 Å². The molecule has 0 radical (unpaired) electrons. The molecular weight excluding hydrogens is 242 g/mol. The number of nitrogens with one attached hydrogen (secondary N) is 1. The van der Waals surface area contributed by atoms with Crippen LogP contribution in [-0.2, 0) is 0 Å². The average Bonchev–Trinajstić information content (AvgIpc) is 2.91. The van der Waals surface area contributed by atoms with Gasteiger partial charge in [-0.2, -0.15) is 10.2 Å². The summed E-state index contributed by atoms with van der Waals surface area (Å²) in [5.41, 5.74) is 2.73. The van der Waals surface area contributed by atoms with E-state index in [2.05, 4.69) is 16.4 Å². The van der Waals surface area contributed by atoms with E-state index in [0.717, 1.165) is 11.1 Å². The zero-order valence-electron chi connectivity index (χ0n) is 10.5. The van der Waals surface area contributed by atoms with Crippen molar-refractivity contribution < 1.29 is 8.83 Å². The van der Waals surface area contributed by atoms with E-state index in [1.807, 2.05) is 38.1 Å². The van der Waals surface area contributed by atoms with E-state index in [1.165, 1.54) is 0 Å². The average molecular weight is 253 g/mol. The zero-order valence-corrected chi connectivity index (χ0v) is 10.5. The quantitative estimate of drug-likeness (QED) is 0.754. The topological polar surface area (TPSA) is 75.0 Å². The van der Waals surface area contributed by atoms with Crippen LogP contribution in [0.5, 0.6) is 0 Å². The van der Waals surface area contributed by atoms with Crippen molar-refractivity contribution in [1.29, 1.82) is 5.26 Å². The number of oxazole rings is 1. The van der Waals surface area contributed by atoms with E-state index in [1.54, 1.807) is 0 Å². The fourth-order valence-corrected chi connectivity index (χ4v) is 1.87. The lowest BCUT2D eigenvalue weighted by Gasteiger charge is -1.96. The third kappa shape index (κ3) is 1.83. The van der Waals surface area contributed by atoms with Crippen molar-refractivity contribution in [3.8, 4) is 6.07 Å². The standard InChI is InChI=1S/C14H11N3O2/c1-8-9(2)18-13(10(8)7-15)17-14-16-11-5-3-4-6-12(11)19-14/h3-6H,1-2H3,(H,16,17). The molecule has 0 aliphatic heterocycles. The molecular formula is C14H11N3O2. The molecule has 0 atom stereocenters. The van der Waals surface area contributed by atoms with Gasteiger partial charge in [-0.1, -0.05) is 12.1 Å². The maximum absolute atomic E-state index is 9.13. The van der Waals surface area contributed by atoms with Crippen molar-refractivity contribution in [2.45, 2.75) is 13.8 Å². The molecule has 0 saturated carbocycles. The summed E-state index contributed by atoms with van der Waals surface area (Å²) in [4.78, 5) is 4.28. The molecule has 1 N–H and O–H groups in total. The second-order valence-electron chi connectivity index (χ2n) is 4.21. The number of nitriles is 1. The molecule has 0 bridgehead atoms. The Labute approximate surface area is 109 Å². The summed E-state index contributed by atoms with van der Waals surface area (Å²) in [6.45, 7) is 3.65. The van der Waals surface area contributed by atoms with Gasteiger partial charge in [0.25, 0.3) is 0 Å². The molecule has 2 heterocycles. The third-order valence-electron chi connectivity index (χ3n) is 3.01. The highest BCUT2D eigenvalue weighted by Gasteiger charge is 2.16. The number of furan rings is 1. The smallest absolute Gasteiger partial charge is 0.302 e. The van der Waals surface area contributed by atoms with E-state index in [0.29, 0.717) is 28.8 Å². The predicted octanol–water partition coefficient (Wildman–Crippen LogP) is 3.65. The Hall–Kier alpha value is -2.74. The van der Waals surface area contributed by atoms with Crippen molar-refractivity contribution in [2.24, 2.45) is 0 Å². The van der Waals surface area contributed by atoms with Crippen LogP contribution in [0, 0.1) is 25.2 Å². The maximum Gasteiger partial charge on any atom is 0.302 e. The van der Waals surface area contributed by atoms with Crippen molar-refractivity contribution in [3.05, 3.63) is 41.2 Å². The molecule has 1 aromatic carbocycles. The first-order valence-electron chi connectivity index (χ1n) is 5.81. The Morgan fingerprint density at radius 3 is 2.74 bits per heavy atom. The van der Waals surface area contributed by atoms with E-state index >= 15 is 0 Å².